The van der Waals surface area contributed by atoms with E-state index in [0.717, 1.165) is 20.0 Å². The lowest BCUT2D eigenvalue weighted by atomic mass is 9.95. The van der Waals surface area contributed by atoms with Crippen molar-refractivity contribution in [3.05, 3.63) is 42.6 Å². The monoisotopic (exact) mass is 302 g/mol. The van der Waals surface area contributed by atoms with Gasteiger partial charge in [-0.2, -0.15) is 0 Å². The van der Waals surface area contributed by atoms with Crippen molar-refractivity contribution in [2.75, 3.05) is 7.11 Å². The molecule has 1 fully saturated rings. The second-order valence-electron chi connectivity index (χ2n) is 5.16. The van der Waals surface area contributed by atoms with Crippen molar-refractivity contribution in [3.8, 4) is 5.82 Å². The number of aliphatic hydroxyl groups excluding tert-OH is 1. The maximum atomic E-state index is 12.2. The molecule has 1 aliphatic rings. The Morgan fingerprint density at radius 2 is 2.05 bits per heavy atom. The highest BCUT2D eigenvalue weighted by molar-refractivity contribution is 5.92. The fraction of sp³-hybridized carbons (Fsp3) is 0.438. The Bertz CT molecular complexity index is 578. The quantitative estimate of drug-likeness (QED) is 0.908. The van der Waals surface area contributed by atoms with E-state index in [1.165, 1.54) is 19.3 Å². The third-order valence-corrected chi connectivity index (χ3v) is 3.68. The summed E-state index contributed by atoms with van der Waals surface area (Å²) in [7, 11) is 1.00. The van der Waals surface area contributed by atoms with Gasteiger partial charge >= 0.3 is 0 Å². The van der Waals surface area contributed by atoms with Gasteiger partial charge in [-0.05, 0) is 25.0 Å². The van der Waals surface area contributed by atoms with Crippen LogP contribution in [0, 0.1) is 0 Å². The van der Waals surface area contributed by atoms with Gasteiger partial charge in [0.05, 0.1) is 0 Å². The van der Waals surface area contributed by atoms with Gasteiger partial charge in [-0.25, -0.2) is 9.97 Å². The van der Waals surface area contributed by atoms with Gasteiger partial charge in [-0.1, -0.05) is 25.3 Å². The van der Waals surface area contributed by atoms with Crippen LogP contribution < -0.4 is 5.32 Å². The Morgan fingerprint density at radius 1 is 1.27 bits per heavy atom. The molecule has 0 bridgehead atoms. The summed E-state index contributed by atoms with van der Waals surface area (Å²) in [5.74, 6) is 0.623. The normalized spacial score (nSPS) is 14.8. The molecule has 0 saturated heterocycles. The van der Waals surface area contributed by atoms with Gasteiger partial charge in [0.25, 0.3) is 5.91 Å². The molecule has 0 unspecified atom stereocenters. The number of imidazole rings is 1. The molecule has 2 aromatic heterocycles. The van der Waals surface area contributed by atoms with Crippen LogP contribution in [0.1, 0.15) is 42.6 Å². The number of amides is 1. The topological polar surface area (TPSA) is 80.0 Å². The van der Waals surface area contributed by atoms with Crippen molar-refractivity contribution in [2.24, 2.45) is 0 Å². The smallest absolute Gasteiger partial charge is 0.270 e. The molecule has 118 valence electrons. The summed E-state index contributed by atoms with van der Waals surface area (Å²) in [6, 6.07) is 5.76. The van der Waals surface area contributed by atoms with Crippen LogP contribution in [-0.4, -0.2) is 38.7 Å². The summed E-state index contributed by atoms with van der Waals surface area (Å²) < 4.78 is 1.79. The van der Waals surface area contributed by atoms with E-state index in [4.69, 9.17) is 5.11 Å². The Hall–Kier alpha value is -2.21. The van der Waals surface area contributed by atoms with Crippen LogP contribution in [0.4, 0.5) is 0 Å². The molecule has 1 aliphatic carbocycles. The SMILES string of the molecule is CO.O=C(NC1CCCCC1)c1cccc(-n2ccnc2)n1. The lowest BCUT2D eigenvalue weighted by Gasteiger charge is -2.22. The highest BCUT2D eigenvalue weighted by Crippen LogP contribution is 2.17. The molecule has 0 aromatic carbocycles. The molecule has 1 amide bonds. The third-order valence-electron chi connectivity index (χ3n) is 3.68. The molecule has 1 saturated carbocycles. The minimum Gasteiger partial charge on any atom is -0.400 e. The number of nitrogens with one attached hydrogen (secondary N) is 1. The zero-order valence-electron chi connectivity index (χ0n) is 12.8. The lowest BCUT2D eigenvalue weighted by Crippen LogP contribution is -2.36. The van der Waals surface area contributed by atoms with Gasteiger partial charge in [0.2, 0.25) is 0 Å². The second-order valence-corrected chi connectivity index (χ2v) is 5.16. The number of aromatic nitrogens is 3. The van der Waals surface area contributed by atoms with Gasteiger partial charge < -0.3 is 10.4 Å². The Balaban J connectivity index is 0.000000847. The Kier molecular flexibility index (Phi) is 6.09. The first kappa shape index (κ1) is 16.2. The summed E-state index contributed by atoms with van der Waals surface area (Å²) in [5, 5.41) is 10.1. The van der Waals surface area contributed by atoms with Gasteiger partial charge in [0, 0.05) is 25.5 Å². The van der Waals surface area contributed by atoms with Gasteiger partial charge in [-0.15, -0.1) is 0 Å². The van der Waals surface area contributed by atoms with E-state index in [0.29, 0.717) is 17.6 Å². The molecule has 6 heteroatoms. The molecule has 2 aromatic rings. The average molecular weight is 302 g/mol. The highest BCUT2D eigenvalue weighted by Gasteiger charge is 2.17. The number of aliphatic hydroxyl groups is 1. The minimum atomic E-state index is -0.0844. The number of carbonyl (C=O) groups is 1. The van der Waals surface area contributed by atoms with E-state index in [-0.39, 0.29) is 5.91 Å². The van der Waals surface area contributed by atoms with E-state index in [1.54, 1.807) is 23.2 Å². The lowest BCUT2D eigenvalue weighted by molar-refractivity contribution is 0.0922. The van der Waals surface area contributed by atoms with Crippen molar-refractivity contribution in [2.45, 2.75) is 38.1 Å². The highest BCUT2D eigenvalue weighted by atomic mass is 16.2. The Morgan fingerprint density at radius 3 is 2.73 bits per heavy atom. The van der Waals surface area contributed by atoms with E-state index in [2.05, 4.69) is 15.3 Å². The maximum Gasteiger partial charge on any atom is 0.270 e. The first-order valence-electron chi connectivity index (χ1n) is 7.54. The van der Waals surface area contributed by atoms with Crippen molar-refractivity contribution in [3.63, 3.8) is 0 Å². The molecular formula is C16H22N4O2. The molecule has 22 heavy (non-hydrogen) atoms. The summed E-state index contributed by atoms with van der Waals surface area (Å²) in [6.07, 6.45) is 11.0. The first-order chi connectivity index (χ1) is 10.8. The fourth-order valence-corrected chi connectivity index (χ4v) is 2.59. The summed E-state index contributed by atoms with van der Waals surface area (Å²) in [4.78, 5) is 20.6. The molecule has 6 nitrogen and oxygen atoms in total. The summed E-state index contributed by atoms with van der Waals surface area (Å²) in [6.45, 7) is 0. The van der Waals surface area contributed by atoms with Crippen molar-refractivity contribution < 1.29 is 9.90 Å². The molecular weight excluding hydrogens is 280 g/mol. The number of carbonyl (C=O) groups excluding carboxylic acids is 1. The molecule has 0 radical (unpaired) electrons. The average Bonchev–Trinajstić information content (AvgIpc) is 3.12. The van der Waals surface area contributed by atoms with Gasteiger partial charge in [-0.3, -0.25) is 9.36 Å². The van der Waals surface area contributed by atoms with Crippen LogP contribution in [0.25, 0.3) is 5.82 Å². The van der Waals surface area contributed by atoms with Crippen LogP contribution >= 0.6 is 0 Å². The number of hydrogen-bond acceptors (Lipinski definition) is 4. The summed E-state index contributed by atoms with van der Waals surface area (Å²) in [5.41, 5.74) is 0.460. The van der Waals surface area contributed by atoms with E-state index < -0.39 is 0 Å². The number of rotatable bonds is 3. The van der Waals surface area contributed by atoms with Crippen LogP contribution in [-0.2, 0) is 0 Å². The zero-order valence-corrected chi connectivity index (χ0v) is 12.8. The first-order valence-corrected chi connectivity index (χ1v) is 7.54. The zero-order chi connectivity index (χ0) is 15.8. The molecule has 0 atom stereocenters. The minimum absolute atomic E-state index is 0.0844. The number of pyridine rings is 1. The van der Waals surface area contributed by atoms with E-state index >= 15 is 0 Å². The third kappa shape index (κ3) is 4.14. The molecule has 3 rings (SSSR count). The number of hydrogen-bond donors (Lipinski definition) is 2. The van der Waals surface area contributed by atoms with Crippen LogP contribution in [0.2, 0.25) is 0 Å². The predicted octanol–water partition coefficient (Wildman–Crippen LogP) is 1.94. The second kappa shape index (κ2) is 8.29. The van der Waals surface area contributed by atoms with Crippen molar-refractivity contribution >= 4 is 5.91 Å². The van der Waals surface area contributed by atoms with Gasteiger partial charge in [0.15, 0.2) is 0 Å². The van der Waals surface area contributed by atoms with Crippen molar-refractivity contribution in [1.29, 1.82) is 0 Å². The van der Waals surface area contributed by atoms with E-state index in [1.807, 2.05) is 18.3 Å². The van der Waals surface area contributed by atoms with Gasteiger partial charge in [0.1, 0.15) is 17.8 Å². The van der Waals surface area contributed by atoms with Crippen LogP contribution in [0.15, 0.2) is 36.9 Å². The Labute approximate surface area is 130 Å². The predicted molar refractivity (Wildman–Crippen MR) is 83.8 cm³/mol. The molecule has 0 aliphatic heterocycles. The largest absolute Gasteiger partial charge is 0.400 e. The van der Waals surface area contributed by atoms with Crippen LogP contribution in [0.5, 0.6) is 0 Å². The van der Waals surface area contributed by atoms with Crippen molar-refractivity contribution in [1.82, 2.24) is 19.9 Å². The standard InChI is InChI=1S/C15H18N4O.CH4O/c20-15(17-12-5-2-1-3-6-12)13-7-4-8-14(18-13)19-10-9-16-11-19;1-2/h4,7-12H,1-3,5-6H2,(H,17,20);2H,1H3. The molecule has 0 spiro atoms. The fourth-order valence-electron chi connectivity index (χ4n) is 2.59. The molecule has 2 heterocycles. The van der Waals surface area contributed by atoms with Crippen LogP contribution in [0.3, 0.4) is 0 Å². The number of nitrogens with zero attached hydrogens (tertiary/aromatic N) is 3. The maximum absolute atomic E-state index is 12.2. The van der Waals surface area contributed by atoms with E-state index in [9.17, 15) is 4.79 Å². The summed E-state index contributed by atoms with van der Waals surface area (Å²) >= 11 is 0. The molecule has 2 N–H and O–H groups in total.